The van der Waals surface area contributed by atoms with Crippen molar-refractivity contribution in [2.75, 3.05) is 5.32 Å². The highest BCUT2D eigenvalue weighted by Gasteiger charge is 2.31. The summed E-state index contributed by atoms with van der Waals surface area (Å²) in [6, 6.07) is 1.07. The number of aromatic nitrogens is 1. The highest BCUT2D eigenvalue weighted by Crippen LogP contribution is 2.29. The molecular weight excluding hydrogens is 271 g/mol. The van der Waals surface area contributed by atoms with Crippen LogP contribution in [0, 0.1) is 0 Å². The van der Waals surface area contributed by atoms with Crippen molar-refractivity contribution in [3.63, 3.8) is 0 Å². The van der Waals surface area contributed by atoms with Crippen LogP contribution in [0.15, 0.2) is 18.3 Å². The minimum atomic E-state index is -4.43. The number of nitrogens with zero attached hydrogens (tertiary/aromatic N) is 1. The van der Waals surface area contributed by atoms with Gasteiger partial charge >= 0.3 is 6.18 Å². The molecule has 1 aromatic rings. The van der Waals surface area contributed by atoms with Crippen molar-refractivity contribution in [2.45, 2.75) is 45.5 Å². The fourth-order valence-corrected chi connectivity index (χ4v) is 1.45. The van der Waals surface area contributed by atoms with Crippen molar-refractivity contribution in [1.29, 1.82) is 0 Å². The lowest BCUT2D eigenvalue weighted by Crippen LogP contribution is -2.47. The molecule has 1 aromatic heterocycles. The van der Waals surface area contributed by atoms with Gasteiger partial charge < -0.3 is 10.6 Å². The van der Waals surface area contributed by atoms with E-state index in [9.17, 15) is 18.0 Å². The Morgan fingerprint density at radius 3 is 2.40 bits per heavy atom. The predicted molar refractivity (Wildman–Crippen MR) is 70.2 cm³/mol. The van der Waals surface area contributed by atoms with Gasteiger partial charge in [-0.1, -0.05) is 0 Å². The Bertz CT molecular complexity index is 480. The van der Waals surface area contributed by atoms with Crippen LogP contribution in [0.3, 0.4) is 0 Å². The number of hydrogen-bond donors (Lipinski definition) is 2. The number of amides is 1. The van der Waals surface area contributed by atoms with Gasteiger partial charge in [0.25, 0.3) is 0 Å². The van der Waals surface area contributed by atoms with Gasteiger partial charge in [0, 0.05) is 11.7 Å². The molecule has 112 valence electrons. The normalized spacial score (nSPS) is 13.8. The molecule has 2 N–H and O–H groups in total. The molecule has 4 nitrogen and oxygen atoms in total. The molecule has 0 aromatic carbocycles. The number of nitrogens with one attached hydrogen (secondary N) is 2. The van der Waals surface area contributed by atoms with E-state index in [1.165, 1.54) is 0 Å². The fourth-order valence-electron chi connectivity index (χ4n) is 1.45. The van der Waals surface area contributed by atoms with Crippen LogP contribution in [0.2, 0.25) is 0 Å². The summed E-state index contributed by atoms with van der Waals surface area (Å²) in [6.45, 7) is 7.02. The minimum absolute atomic E-state index is 0.0105. The molecule has 0 aliphatic heterocycles. The molecule has 0 spiro atoms. The predicted octanol–water partition coefficient (Wildman–Crippen LogP) is 2.82. The van der Waals surface area contributed by atoms with E-state index in [0.29, 0.717) is 0 Å². The number of alkyl halides is 3. The summed E-state index contributed by atoms with van der Waals surface area (Å²) in [7, 11) is 0. The second kappa shape index (κ2) is 5.68. The molecule has 0 saturated carbocycles. The molecule has 7 heteroatoms. The molecule has 0 aliphatic rings. The summed E-state index contributed by atoms with van der Waals surface area (Å²) in [6.07, 6.45) is -3.38. The van der Waals surface area contributed by atoms with Crippen LogP contribution in [-0.4, -0.2) is 22.5 Å². The quantitative estimate of drug-likeness (QED) is 0.899. The summed E-state index contributed by atoms with van der Waals surface area (Å²) >= 11 is 0. The Balaban J connectivity index is 2.76. The number of carbonyl (C=O) groups is 1. The van der Waals surface area contributed by atoms with Crippen LogP contribution in [-0.2, 0) is 11.0 Å². The first-order chi connectivity index (χ1) is 8.99. The van der Waals surface area contributed by atoms with E-state index >= 15 is 0 Å². The maximum absolute atomic E-state index is 12.6. The van der Waals surface area contributed by atoms with Crippen LogP contribution in [0.5, 0.6) is 0 Å². The van der Waals surface area contributed by atoms with Gasteiger partial charge in [0.15, 0.2) is 0 Å². The van der Waals surface area contributed by atoms with Crippen LogP contribution in [0.25, 0.3) is 0 Å². The lowest BCUT2D eigenvalue weighted by molar-refractivity contribution is -0.137. The summed E-state index contributed by atoms with van der Waals surface area (Å²) in [5.41, 5.74) is -1.22. The highest BCUT2D eigenvalue weighted by atomic mass is 19.4. The van der Waals surface area contributed by atoms with Gasteiger partial charge in [-0.05, 0) is 39.8 Å². The summed E-state index contributed by atoms with van der Waals surface area (Å²) in [5.74, 6) is -0.298. The van der Waals surface area contributed by atoms with Gasteiger partial charge in [-0.2, -0.15) is 13.2 Å². The van der Waals surface area contributed by atoms with E-state index in [1.54, 1.807) is 6.92 Å². The van der Waals surface area contributed by atoms with E-state index in [2.05, 4.69) is 15.6 Å². The molecular formula is C13H18F3N3O. The van der Waals surface area contributed by atoms with Gasteiger partial charge in [-0.15, -0.1) is 0 Å². The Labute approximate surface area is 115 Å². The van der Waals surface area contributed by atoms with Gasteiger partial charge in [0.05, 0.1) is 5.56 Å². The number of hydrogen-bond acceptors (Lipinski definition) is 3. The third-order valence-corrected chi connectivity index (χ3v) is 2.34. The smallest absolute Gasteiger partial charge is 0.359 e. The summed E-state index contributed by atoms with van der Waals surface area (Å²) < 4.78 is 37.7. The molecule has 1 amide bonds. The zero-order chi connectivity index (χ0) is 15.6. The average molecular weight is 289 g/mol. The Morgan fingerprint density at radius 2 is 1.90 bits per heavy atom. The van der Waals surface area contributed by atoms with E-state index in [4.69, 9.17) is 0 Å². The third-order valence-electron chi connectivity index (χ3n) is 2.34. The van der Waals surface area contributed by atoms with Crippen molar-refractivity contribution in [1.82, 2.24) is 10.3 Å². The van der Waals surface area contributed by atoms with Crippen molar-refractivity contribution >= 4 is 11.7 Å². The average Bonchev–Trinajstić information content (AvgIpc) is 2.25. The standard InChI is InChI=1S/C13H18F3N3O/c1-8(11(20)19-12(2,3)4)18-10-7-9(5-6-17-10)13(14,15)16/h5-8H,1-4H3,(H,17,18)(H,19,20). The number of carbonyl (C=O) groups excluding carboxylic acids is 1. The first kappa shape index (κ1) is 16.3. The molecule has 0 bridgehead atoms. The molecule has 1 unspecified atom stereocenters. The zero-order valence-corrected chi connectivity index (χ0v) is 11.8. The molecule has 20 heavy (non-hydrogen) atoms. The largest absolute Gasteiger partial charge is 0.416 e. The number of anilines is 1. The van der Waals surface area contributed by atoms with Crippen LogP contribution < -0.4 is 10.6 Å². The molecule has 1 rings (SSSR count). The number of rotatable bonds is 3. The summed E-state index contributed by atoms with van der Waals surface area (Å²) in [5, 5.41) is 5.39. The molecule has 1 atom stereocenters. The van der Waals surface area contributed by atoms with Crippen molar-refractivity contribution < 1.29 is 18.0 Å². The Kier molecular flexibility index (Phi) is 4.62. The second-order valence-corrected chi connectivity index (χ2v) is 5.53. The first-order valence-corrected chi connectivity index (χ1v) is 6.11. The van der Waals surface area contributed by atoms with Gasteiger partial charge in [-0.25, -0.2) is 4.98 Å². The lowest BCUT2D eigenvalue weighted by Gasteiger charge is -2.24. The molecule has 0 saturated heterocycles. The first-order valence-electron chi connectivity index (χ1n) is 6.11. The fraction of sp³-hybridized carbons (Fsp3) is 0.538. The Hall–Kier alpha value is -1.79. The topological polar surface area (TPSA) is 54.0 Å². The van der Waals surface area contributed by atoms with E-state index < -0.39 is 23.3 Å². The summed E-state index contributed by atoms with van der Waals surface area (Å²) in [4.78, 5) is 15.6. The maximum atomic E-state index is 12.6. The highest BCUT2D eigenvalue weighted by molar-refractivity contribution is 5.84. The van der Waals surface area contributed by atoms with E-state index in [-0.39, 0.29) is 11.7 Å². The van der Waals surface area contributed by atoms with Gasteiger partial charge in [-0.3, -0.25) is 4.79 Å². The minimum Gasteiger partial charge on any atom is -0.359 e. The zero-order valence-electron chi connectivity index (χ0n) is 11.8. The van der Waals surface area contributed by atoms with Crippen LogP contribution in [0.4, 0.5) is 19.0 Å². The van der Waals surface area contributed by atoms with Crippen LogP contribution in [0.1, 0.15) is 33.3 Å². The molecule has 0 radical (unpaired) electrons. The SMILES string of the molecule is CC(Nc1cc(C(F)(F)F)ccn1)C(=O)NC(C)(C)C. The van der Waals surface area contributed by atoms with E-state index in [1.807, 2.05) is 20.8 Å². The third kappa shape index (κ3) is 5.07. The maximum Gasteiger partial charge on any atom is 0.416 e. The molecule has 0 aliphatic carbocycles. The van der Waals surface area contributed by atoms with Crippen molar-refractivity contribution in [3.8, 4) is 0 Å². The number of halogens is 3. The van der Waals surface area contributed by atoms with Crippen molar-refractivity contribution in [2.24, 2.45) is 0 Å². The number of pyridine rings is 1. The van der Waals surface area contributed by atoms with Crippen LogP contribution >= 0.6 is 0 Å². The lowest BCUT2D eigenvalue weighted by atomic mass is 10.1. The van der Waals surface area contributed by atoms with Gasteiger partial charge in [0.1, 0.15) is 11.9 Å². The second-order valence-electron chi connectivity index (χ2n) is 5.53. The van der Waals surface area contributed by atoms with E-state index in [0.717, 1.165) is 18.3 Å². The van der Waals surface area contributed by atoms with Crippen molar-refractivity contribution in [3.05, 3.63) is 23.9 Å². The Morgan fingerprint density at radius 1 is 1.30 bits per heavy atom. The van der Waals surface area contributed by atoms with Gasteiger partial charge in [0.2, 0.25) is 5.91 Å². The molecule has 1 heterocycles. The molecule has 0 fully saturated rings. The monoisotopic (exact) mass is 289 g/mol.